The highest BCUT2D eigenvalue weighted by Crippen LogP contribution is 2.26. The number of aromatic nitrogens is 3. The minimum atomic E-state index is -0.291. The summed E-state index contributed by atoms with van der Waals surface area (Å²) in [5.41, 5.74) is 3.91. The number of hydrogen-bond donors (Lipinski definition) is 1. The Morgan fingerprint density at radius 2 is 1.80 bits per heavy atom. The first-order chi connectivity index (χ1) is 14.5. The van der Waals surface area contributed by atoms with Gasteiger partial charge >= 0.3 is 0 Å². The molecule has 0 aliphatic heterocycles. The van der Waals surface area contributed by atoms with E-state index in [9.17, 15) is 4.79 Å². The van der Waals surface area contributed by atoms with Gasteiger partial charge < -0.3 is 10.2 Å². The zero-order valence-corrected chi connectivity index (χ0v) is 17.3. The zero-order valence-electron chi connectivity index (χ0n) is 17.3. The van der Waals surface area contributed by atoms with Crippen molar-refractivity contribution in [1.29, 1.82) is 0 Å². The van der Waals surface area contributed by atoms with Gasteiger partial charge in [0, 0.05) is 29.9 Å². The van der Waals surface area contributed by atoms with Crippen molar-refractivity contribution in [2.24, 2.45) is 0 Å². The summed E-state index contributed by atoms with van der Waals surface area (Å²) in [4.78, 5) is 28.4. The number of amides is 1. The molecule has 0 bridgehead atoms. The highest BCUT2D eigenvalue weighted by Gasteiger charge is 2.16. The van der Waals surface area contributed by atoms with E-state index in [1.165, 1.54) is 0 Å². The van der Waals surface area contributed by atoms with E-state index in [-0.39, 0.29) is 5.91 Å². The molecule has 4 aromatic rings. The molecule has 2 aromatic carbocycles. The van der Waals surface area contributed by atoms with Crippen molar-refractivity contribution >= 4 is 34.0 Å². The lowest BCUT2D eigenvalue weighted by Crippen LogP contribution is -2.21. The Balaban J connectivity index is 1.68. The molecule has 0 unspecified atom stereocenters. The molecular weight excluding hydrogens is 374 g/mol. The first kappa shape index (κ1) is 19.5. The number of pyridine rings is 1. The smallest absolute Gasteiger partial charge is 0.274 e. The lowest BCUT2D eigenvalue weighted by atomic mass is 10.2. The third kappa shape index (κ3) is 3.98. The first-order valence-corrected chi connectivity index (χ1v) is 9.90. The third-order valence-electron chi connectivity index (χ3n) is 4.84. The number of carbonyl (C=O) groups is 1. The van der Waals surface area contributed by atoms with E-state index in [4.69, 9.17) is 0 Å². The molecule has 0 aliphatic carbocycles. The van der Waals surface area contributed by atoms with Crippen LogP contribution in [0.15, 0.2) is 66.9 Å². The van der Waals surface area contributed by atoms with Crippen molar-refractivity contribution in [2.45, 2.75) is 20.8 Å². The molecule has 2 aromatic heterocycles. The van der Waals surface area contributed by atoms with E-state index in [2.05, 4.69) is 51.1 Å². The lowest BCUT2D eigenvalue weighted by molar-refractivity contribution is 0.102. The van der Waals surface area contributed by atoms with E-state index in [1.807, 2.05) is 42.5 Å². The van der Waals surface area contributed by atoms with Gasteiger partial charge in [-0.3, -0.25) is 9.78 Å². The van der Waals surface area contributed by atoms with Crippen molar-refractivity contribution in [3.8, 4) is 0 Å². The summed E-state index contributed by atoms with van der Waals surface area (Å²) in [6.07, 6.45) is 1.71. The number of hydrogen-bond acceptors (Lipinski definition) is 5. The van der Waals surface area contributed by atoms with E-state index in [0.717, 1.165) is 22.2 Å². The van der Waals surface area contributed by atoms with Gasteiger partial charge in [-0.25, -0.2) is 9.97 Å². The number of rotatable bonds is 5. The molecule has 0 fully saturated rings. The summed E-state index contributed by atoms with van der Waals surface area (Å²) in [5.74, 6) is 0.941. The van der Waals surface area contributed by atoms with Gasteiger partial charge in [0.05, 0.1) is 11.2 Å². The molecule has 30 heavy (non-hydrogen) atoms. The number of fused-ring (bicyclic) bond motifs is 1. The van der Waals surface area contributed by atoms with E-state index < -0.39 is 0 Å². The van der Waals surface area contributed by atoms with Crippen LogP contribution in [0, 0.1) is 13.8 Å². The average molecular weight is 397 g/mol. The van der Waals surface area contributed by atoms with Crippen LogP contribution in [0.1, 0.15) is 28.8 Å². The van der Waals surface area contributed by atoms with Crippen LogP contribution in [0.2, 0.25) is 0 Å². The predicted octanol–water partition coefficient (Wildman–Crippen LogP) is 5.05. The van der Waals surface area contributed by atoms with Gasteiger partial charge in [0.2, 0.25) is 0 Å². The molecule has 0 spiro atoms. The monoisotopic (exact) mass is 397 g/mol. The van der Waals surface area contributed by atoms with Crippen LogP contribution < -0.4 is 10.2 Å². The SMILES string of the molecule is CCN(c1cccc(C)c1)c1cc(C(=O)Nc2cccc3cccnc23)nc(C)n1. The molecule has 150 valence electrons. The fourth-order valence-corrected chi connectivity index (χ4v) is 3.47. The molecule has 1 amide bonds. The number of nitrogens with one attached hydrogen (secondary N) is 1. The van der Waals surface area contributed by atoms with Crippen molar-refractivity contribution in [3.63, 3.8) is 0 Å². The van der Waals surface area contributed by atoms with Gasteiger partial charge in [0.25, 0.3) is 5.91 Å². The normalized spacial score (nSPS) is 10.8. The summed E-state index contributed by atoms with van der Waals surface area (Å²) in [7, 11) is 0. The number of carbonyl (C=O) groups excluding carboxylic acids is 1. The second kappa shape index (κ2) is 8.29. The highest BCUT2D eigenvalue weighted by atomic mass is 16.1. The highest BCUT2D eigenvalue weighted by molar-refractivity contribution is 6.07. The molecule has 2 heterocycles. The molecular formula is C24H23N5O. The first-order valence-electron chi connectivity index (χ1n) is 9.90. The van der Waals surface area contributed by atoms with Gasteiger partial charge in [-0.15, -0.1) is 0 Å². The second-order valence-corrected chi connectivity index (χ2v) is 7.08. The maximum Gasteiger partial charge on any atom is 0.274 e. The summed E-state index contributed by atoms with van der Waals surface area (Å²) in [5, 5.41) is 3.92. The summed E-state index contributed by atoms with van der Waals surface area (Å²) >= 11 is 0. The Morgan fingerprint density at radius 3 is 2.60 bits per heavy atom. The topological polar surface area (TPSA) is 71.0 Å². The van der Waals surface area contributed by atoms with Gasteiger partial charge in [-0.2, -0.15) is 0 Å². The minimum absolute atomic E-state index is 0.291. The number of nitrogens with zero attached hydrogens (tertiary/aromatic N) is 4. The molecule has 0 aliphatic rings. The molecule has 6 nitrogen and oxygen atoms in total. The predicted molar refractivity (Wildman–Crippen MR) is 120 cm³/mol. The quantitative estimate of drug-likeness (QED) is 0.510. The second-order valence-electron chi connectivity index (χ2n) is 7.08. The Bertz CT molecular complexity index is 1220. The number of benzene rings is 2. The van der Waals surface area contributed by atoms with E-state index in [0.29, 0.717) is 29.6 Å². The van der Waals surface area contributed by atoms with Gasteiger partial charge in [-0.05, 0) is 50.6 Å². The minimum Gasteiger partial charge on any atom is -0.327 e. The van der Waals surface area contributed by atoms with Crippen LogP contribution in [0.4, 0.5) is 17.2 Å². The van der Waals surface area contributed by atoms with E-state index in [1.54, 1.807) is 19.2 Å². The van der Waals surface area contributed by atoms with Gasteiger partial charge in [0.15, 0.2) is 0 Å². The maximum absolute atomic E-state index is 13.0. The van der Waals surface area contributed by atoms with Crippen LogP contribution in [0.5, 0.6) is 0 Å². The molecule has 0 atom stereocenters. The standard InChI is InChI=1S/C24H23N5O/c1-4-29(19-11-5-8-16(2)14-19)22-15-21(26-17(3)27-22)24(30)28-20-12-6-9-18-10-7-13-25-23(18)20/h5-15H,4H2,1-3H3,(H,28,30). The number of anilines is 3. The van der Waals surface area contributed by atoms with Crippen LogP contribution in [0.3, 0.4) is 0 Å². The van der Waals surface area contributed by atoms with Crippen LogP contribution in [-0.4, -0.2) is 27.4 Å². The van der Waals surface area contributed by atoms with Crippen LogP contribution in [0.25, 0.3) is 10.9 Å². The third-order valence-corrected chi connectivity index (χ3v) is 4.84. The molecule has 0 saturated carbocycles. The largest absolute Gasteiger partial charge is 0.327 e. The molecule has 6 heteroatoms. The zero-order chi connectivity index (χ0) is 21.1. The fourth-order valence-electron chi connectivity index (χ4n) is 3.47. The lowest BCUT2D eigenvalue weighted by Gasteiger charge is -2.23. The van der Waals surface area contributed by atoms with Crippen molar-refractivity contribution < 1.29 is 4.79 Å². The maximum atomic E-state index is 13.0. The van der Waals surface area contributed by atoms with Crippen molar-refractivity contribution in [2.75, 3.05) is 16.8 Å². The van der Waals surface area contributed by atoms with Crippen molar-refractivity contribution in [3.05, 3.63) is 83.9 Å². The van der Waals surface area contributed by atoms with Gasteiger partial charge in [0.1, 0.15) is 17.3 Å². The van der Waals surface area contributed by atoms with Crippen LogP contribution in [-0.2, 0) is 0 Å². The summed E-state index contributed by atoms with van der Waals surface area (Å²) in [6.45, 7) is 6.62. The Morgan fingerprint density at radius 1 is 1.00 bits per heavy atom. The summed E-state index contributed by atoms with van der Waals surface area (Å²) < 4.78 is 0. The Kier molecular flexibility index (Phi) is 5.39. The average Bonchev–Trinajstić information content (AvgIpc) is 2.74. The molecule has 0 saturated heterocycles. The Labute approximate surface area is 175 Å². The molecule has 4 rings (SSSR count). The van der Waals surface area contributed by atoms with Crippen LogP contribution >= 0.6 is 0 Å². The number of para-hydroxylation sites is 1. The molecule has 1 N–H and O–H groups in total. The Hall–Kier alpha value is -3.80. The van der Waals surface area contributed by atoms with Crippen molar-refractivity contribution in [1.82, 2.24) is 15.0 Å². The van der Waals surface area contributed by atoms with E-state index >= 15 is 0 Å². The number of aryl methyl sites for hydroxylation is 2. The molecule has 0 radical (unpaired) electrons. The summed E-state index contributed by atoms with van der Waals surface area (Å²) in [6, 6.07) is 19.5. The van der Waals surface area contributed by atoms with Gasteiger partial charge in [-0.1, -0.05) is 30.3 Å². The fraction of sp³-hybridized carbons (Fsp3) is 0.167.